The molecule has 0 amide bonds. The van der Waals surface area contributed by atoms with E-state index in [1.54, 1.807) is 24.3 Å². The summed E-state index contributed by atoms with van der Waals surface area (Å²) in [6, 6.07) is 6.86. The van der Waals surface area contributed by atoms with Crippen molar-refractivity contribution in [2.75, 3.05) is 6.54 Å². The number of nitrogens with zero attached hydrogens (tertiary/aromatic N) is 1. The van der Waals surface area contributed by atoms with Crippen LogP contribution in [-0.2, 0) is 4.79 Å². The molecule has 0 aliphatic rings. The first-order valence-corrected chi connectivity index (χ1v) is 6.48. The van der Waals surface area contributed by atoms with E-state index in [0.717, 1.165) is 5.56 Å². The molecule has 0 aliphatic heterocycles. The van der Waals surface area contributed by atoms with Crippen LogP contribution in [0.2, 0.25) is 5.02 Å². The lowest BCUT2D eigenvalue weighted by Gasteiger charge is -2.20. The van der Waals surface area contributed by atoms with Gasteiger partial charge in [0, 0.05) is 21.8 Å². The normalized spacial score (nSPS) is 13.1. The number of carbonyl (C=O) groups is 1. The first-order chi connectivity index (χ1) is 8.70. The molecule has 19 heavy (non-hydrogen) atoms. The van der Waals surface area contributed by atoms with Crippen LogP contribution < -0.4 is 0 Å². The maximum absolute atomic E-state index is 12.0. The van der Waals surface area contributed by atoms with Crippen LogP contribution in [-0.4, -0.2) is 17.3 Å². The Morgan fingerprint density at radius 3 is 2.26 bits per heavy atom. The summed E-state index contributed by atoms with van der Waals surface area (Å²) < 4.78 is 0. The van der Waals surface area contributed by atoms with Gasteiger partial charge in [-0.25, -0.2) is 0 Å². The molecule has 4 nitrogen and oxygen atoms in total. The van der Waals surface area contributed by atoms with E-state index in [9.17, 15) is 14.9 Å². The highest BCUT2D eigenvalue weighted by molar-refractivity contribution is 6.30. The Hall–Kier alpha value is -1.42. The van der Waals surface area contributed by atoms with E-state index in [1.807, 2.05) is 20.8 Å². The summed E-state index contributed by atoms with van der Waals surface area (Å²) in [5.74, 6) is -0.381. The van der Waals surface area contributed by atoms with Gasteiger partial charge in [0.1, 0.15) is 5.78 Å². The lowest BCUT2D eigenvalue weighted by atomic mass is 9.83. The SMILES string of the molecule is CC(C)(C)C(=O)CC(C[N+](=O)[O-])c1ccc(Cl)cc1. The van der Waals surface area contributed by atoms with Crippen molar-refractivity contribution in [2.45, 2.75) is 33.1 Å². The summed E-state index contributed by atoms with van der Waals surface area (Å²) in [6.45, 7) is 5.21. The Morgan fingerprint density at radius 1 is 1.32 bits per heavy atom. The van der Waals surface area contributed by atoms with Gasteiger partial charge in [-0.2, -0.15) is 0 Å². The van der Waals surface area contributed by atoms with Crippen LogP contribution in [0.5, 0.6) is 0 Å². The minimum Gasteiger partial charge on any atom is -0.299 e. The molecule has 0 aliphatic carbocycles. The Labute approximate surface area is 117 Å². The fourth-order valence-electron chi connectivity index (χ4n) is 1.73. The third-order valence-electron chi connectivity index (χ3n) is 2.98. The molecule has 0 heterocycles. The molecule has 1 aromatic rings. The number of benzene rings is 1. The van der Waals surface area contributed by atoms with Crippen molar-refractivity contribution >= 4 is 17.4 Å². The Balaban J connectivity index is 2.92. The number of ketones is 1. The molecule has 1 unspecified atom stereocenters. The summed E-state index contributed by atoms with van der Waals surface area (Å²) in [5, 5.41) is 11.3. The molecule has 0 N–H and O–H groups in total. The van der Waals surface area contributed by atoms with Crippen LogP contribution in [0.15, 0.2) is 24.3 Å². The number of rotatable bonds is 5. The topological polar surface area (TPSA) is 60.2 Å². The number of hydrogen-bond acceptors (Lipinski definition) is 3. The van der Waals surface area contributed by atoms with Gasteiger partial charge in [0.15, 0.2) is 0 Å². The monoisotopic (exact) mass is 283 g/mol. The van der Waals surface area contributed by atoms with E-state index < -0.39 is 11.3 Å². The van der Waals surface area contributed by atoms with Crippen molar-refractivity contribution in [1.82, 2.24) is 0 Å². The highest BCUT2D eigenvalue weighted by atomic mass is 35.5. The molecule has 0 radical (unpaired) electrons. The van der Waals surface area contributed by atoms with Gasteiger partial charge in [0.2, 0.25) is 6.54 Å². The smallest absolute Gasteiger partial charge is 0.211 e. The van der Waals surface area contributed by atoms with Gasteiger partial charge in [-0.05, 0) is 17.7 Å². The standard InChI is InChI=1S/C14H18ClNO3/c1-14(2,3)13(17)8-11(9-16(18)19)10-4-6-12(15)7-5-10/h4-7,11H,8-9H2,1-3H3. The molecule has 0 bridgehead atoms. The third kappa shape index (κ3) is 4.99. The van der Waals surface area contributed by atoms with E-state index in [-0.39, 0.29) is 23.7 Å². The van der Waals surface area contributed by atoms with Gasteiger partial charge in [-0.1, -0.05) is 44.5 Å². The van der Waals surface area contributed by atoms with Crippen molar-refractivity contribution in [3.05, 3.63) is 45.0 Å². The Kier molecular flexibility index (Phi) is 5.06. The van der Waals surface area contributed by atoms with E-state index in [4.69, 9.17) is 11.6 Å². The van der Waals surface area contributed by atoms with E-state index in [2.05, 4.69) is 0 Å². The lowest BCUT2D eigenvalue weighted by molar-refractivity contribution is -0.483. The van der Waals surface area contributed by atoms with Crippen molar-refractivity contribution in [2.24, 2.45) is 5.41 Å². The average Bonchev–Trinajstić information content (AvgIpc) is 2.27. The van der Waals surface area contributed by atoms with E-state index in [0.29, 0.717) is 5.02 Å². The van der Waals surface area contributed by atoms with Crippen molar-refractivity contribution in [1.29, 1.82) is 0 Å². The first-order valence-electron chi connectivity index (χ1n) is 6.10. The molecule has 1 aromatic carbocycles. The summed E-state index contributed by atoms with van der Waals surface area (Å²) in [6.07, 6.45) is 0.173. The van der Waals surface area contributed by atoms with Gasteiger partial charge in [0.05, 0.1) is 5.92 Å². The predicted octanol–water partition coefficient (Wildman–Crippen LogP) is 3.71. The van der Waals surface area contributed by atoms with Crippen LogP contribution in [0.25, 0.3) is 0 Å². The molecule has 1 rings (SSSR count). The molecule has 104 valence electrons. The van der Waals surface area contributed by atoms with Crippen molar-refractivity contribution < 1.29 is 9.72 Å². The largest absolute Gasteiger partial charge is 0.299 e. The summed E-state index contributed by atoms with van der Waals surface area (Å²) >= 11 is 5.80. The molecular weight excluding hydrogens is 266 g/mol. The maximum atomic E-state index is 12.0. The average molecular weight is 284 g/mol. The zero-order chi connectivity index (χ0) is 14.6. The van der Waals surface area contributed by atoms with Gasteiger partial charge in [-0.3, -0.25) is 14.9 Å². The zero-order valence-electron chi connectivity index (χ0n) is 11.4. The zero-order valence-corrected chi connectivity index (χ0v) is 12.1. The Bertz CT molecular complexity index is 463. The van der Waals surface area contributed by atoms with Crippen LogP contribution in [0.1, 0.15) is 38.7 Å². The number of carbonyl (C=O) groups excluding carboxylic acids is 1. The lowest BCUT2D eigenvalue weighted by Crippen LogP contribution is -2.25. The highest BCUT2D eigenvalue weighted by Crippen LogP contribution is 2.27. The van der Waals surface area contributed by atoms with Gasteiger partial charge in [0.25, 0.3) is 0 Å². The second-order valence-electron chi connectivity index (χ2n) is 5.64. The van der Waals surface area contributed by atoms with Crippen molar-refractivity contribution in [3.63, 3.8) is 0 Å². The fraction of sp³-hybridized carbons (Fsp3) is 0.500. The minimum absolute atomic E-state index is 0.0225. The molecule has 0 spiro atoms. The fourth-order valence-corrected chi connectivity index (χ4v) is 1.86. The number of halogens is 1. The van der Waals surface area contributed by atoms with Crippen LogP contribution in [0.4, 0.5) is 0 Å². The van der Waals surface area contributed by atoms with Gasteiger partial charge < -0.3 is 0 Å². The predicted molar refractivity (Wildman–Crippen MR) is 75.1 cm³/mol. The van der Waals surface area contributed by atoms with Crippen LogP contribution in [0.3, 0.4) is 0 Å². The van der Waals surface area contributed by atoms with E-state index in [1.165, 1.54) is 0 Å². The van der Waals surface area contributed by atoms with Crippen LogP contribution in [0, 0.1) is 15.5 Å². The maximum Gasteiger partial charge on any atom is 0.211 e. The number of hydrogen-bond donors (Lipinski definition) is 0. The second kappa shape index (κ2) is 6.15. The molecule has 0 aromatic heterocycles. The van der Waals surface area contributed by atoms with E-state index >= 15 is 0 Å². The molecule has 0 fully saturated rings. The molecule has 0 saturated heterocycles. The van der Waals surface area contributed by atoms with Gasteiger partial charge >= 0.3 is 0 Å². The van der Waals surface area contributed by atoms with Crippen LogP contribution >= 0.6 is 11.6 Å². The first kappa shape index (κ1) is 15.6. The number of nitro groups is 1. The summed E-state index contributed by atoms with van der Waals surface area (Å²) in [5.41, 5.74) is 0.292. The summed E-state index contributed by atoms with van der Waals surface area (Å²) in [7, 11) is 0. The number of Topliss-reactive ketones (excluding diaryl/α,β-unsaturated/α-hetero) is 1. The second-order valence-corrected chi connectivity index (χ2v) is 6.08. The minimum atomic E-state index is -0.485. The Morgan fingerprint density at radius 2 is 1.84 bits per heavy atom. The molecule has 5 heteroatoms. The molecule has 0 saturated carbocycles. The quantitative estimate of drug-likeness (QED) is 0.611. The van der Waals surface area contributed by atoms with Crippen molar-refractivity contribution in [3.8, 4) is 0 Å². The van der Waals surface area contributed by atoms with Gasteiger partial charge in [-0.15, -0.1) is 0 Å². The molecule has 1 atom stereocenters. The summed E-state index contributed by atoms with van der Waals surface area (Å²) in [4.78, 5) is 22.4. The molecular formula is C14H18ClNO3. The highest BCUT2D eigenvalue weighted by Gasteiger charge is 2.28. The third-order valence-corrected chi connectivity index (χ3v) is 3.23.